The van der Waals surface area contributed by atoms with Crippen LogP contribution in [0.2, 0.25) is 0 Å². The van der Waals surface area contributed by atoms with Crippen molar-refractivity contribution in [3.63, 3.8) is 0 Å². The highest BCUT2D eigenvalue weighted by atomic mass is 16.2. The summed E-state index contributed by atoms with van der Waals surface area (Å²) in [6, 6.07) is 12.4. The van der Waals surface area contributed by atoms with Crippen molar-refractivity contribution < 1.29 is 9.59 Å². The van der Waals surface area contributed by atoms with Gasteiger partial charge in [-0.2, -0.15) is 0 Å². The van der Waals surface area contributed by atoms with Crippen LogP contribution in [-0.4, -0.2) is 34.7 Å². The second-order valence-corrected chi connectivity index (χ2v) is 7.87. The number of amides is 1. The minimum absolute atomic E-state index is 0.0588. The van der Waals surface area contributed by atoms with Gasteiger partial charge in [0, 0.05) is 37.2 Å². The second kappa shape index (κ2) is 7.63. The maximum atomic E-state index is 13.0. The monoisotopic (exact) mass is 362 g/mol. The zero-order valence-corrected chi connectivity index (χ0v) is 15.9. The summed E-state index contributed by atoms with van der Waals surface area (Å²) in [4.78, 5) is 31.9. The first-order valence-electron chi connectivity index (χ1n) is 9.94. The van der Waals surface area contributed by atoms with Crippen LogP contribution >= 0.6 is 0 Å². The molecule has 0 spiro atoms. The van der Waals surface area contributed by atoms with Gasteiger partial charge >= 0.3 is 0 Å². The predicted octanol–water partition coefficient (Wildman–Crippen LogP) is 3.93. The Kier molecular flexibility index (Phi) is 5.06. The van der Waals surface area contributed by atoms with Gasteiger partial charge in [-0.1, -0.05) is 29.8 Å². The van der Waals surface area contributed by atoms with Crippen molar-refractivity contribution in [3.05, 3.63) is 65.0 Å². The Morgan fingerprint density at radius 1 is 1.07 bits per heavy atom. The van der Waals surface area contributed by atoms with Crippen molar-refractivity contribution in [2.45, 2.75) is 44.9 Å². The number of carbonyl (C=O) groups is 2. The fraction of sp³-hybridized carbons (Fsp3) is 0.435. The molecule has 1 aromatic heterocycles. The van der Waals surface area contributed by atoms with Crippen LogP contribution in [-0.2, 0) is 11.2 Å². The SMILES string of the molecule is Cc1ccc(C2CCN(C(=O)C3CCc4ncccc4C(=O)C3)CC2)cc1. The molecule has 1 aliphatic carbocycles. The van der Waals surface area contributed by atoms with E-state index in [1.807, 2.05) is 11.0 Å². The van der Waals surface area contributed by atoms with Crippen LogP contribution in [0.25, 0.3) is 0 Å². The van der Waals surface area contributed by atoms with Crippen LogP contribution in [0.1, 0.15) is 58.8 Å². The van der Waals surface area contributed by atoms with Crippen LogP contribution in [0.15, 0.2) is 42.6 Å². The molecule has 2 aromatic rings. The van der Waals surface area contributed by atoms with Gasteiger partial charge in [-0.25, -0.2) is 0 Å². The summed E-state index contributed by atoms with van der Waals surface area (Å²) in [6.07, 6.45) is 5.46. The van der Waals surface area contributed by atoms with Gasteiger partial charge in [-0.15, -0.1) is 0 Å². The van der Waals surface area contributed by atoms with Crippen molar-refractivity contribution in [3.8, 4) is 0 Å². The first kappa shape index (κ1) is 17.9. The smallest absolute Gasteiger partial charge is 0.226 e. The number of Topliss-reactive ketones (excluding diaryl/α,β-unsaturated/α-hetero) is 1. The van der Waals surface area contributed by atoms with E-state index in [1.54, 1.807) is 12.3 Å². The summed E-state index contributed by atoms with van der Waals surface area (Å²) in [6.45, 7) is 3.67. The van der Waals surface area contributed by atoms with E-state index in [4.69, 9.17) is 0 Å². The molecule has 1 amide bonds. The number of ketones is 1. The number of pyridine rings is 1. The van der Waals surface area contributed by atoms with Gasteiger partial charge in [-0.3, -0.25) is 14.6 Å². The maximum Gasteiger partial charge on any atom is 0.226 e. The molecule has 0 saturated carbocycles. The Labute approximate surface area is 160 Å². The summed E-state index contributed by atoms with van der Waals surface area (Å²) >= 11 is 0. The molecule has 1 unspecified atom stereocenters. The number of rotatable bonds is 2. The molecular weight excluding hydrogens is 336 g/mol. The summed E-state index contributed by atoms with van der Waals surface area (Å²) in [5, 5.41) is 0. The lowest BCUT2D eigenvalue weighted by Crippen LogP contribution is -2.41. The van der Waals surface area contributed by atoms with Crippen molar-refractivity contribution >= 4 is 11.7 Å². The van der Waals surface area contributed by atoms with Gasteiger partial charge in [-0.05, 0) is 56.2 Å². The minimum Gasteiger partial charge on any atom is -0.342 e. The molecule has 2 heterocycles. The van der Waals surface area contributed by atoms with Gasteiger partial charge in [0.1, 0.15) is 0 Å². The Morgan fingerprint density at radius 3 is 2.56 bits per heavy atom. The number of likely N-dealkylation sites (tertiary alicyclic amines) is 1. The third-order valence-electron chi connectivity index (χ3n) is 6.06. The lowest BCUT2D eigenvalue weighted by atomic mass is 9.88. The number of hydrogen-bond acceptors (Lipinski definition) is 3. The highest BCUT2D eigenvalue weighted by Crippen LogP contribution is 2.31. The van der Waals surface area contributed by atoms with Gasteiger partial charge in [0.2, 0.25) is 5.91 Å². The maximum absolute atomic E-state index is 13.0. The highest BCUT2D eigenvalue weighted by Gasteiger charge is 2.32. The Morgan fingerprint density at radius 2 is 1.81 bits per heavy atom. The van der Waals surface area contributed by atoms with E-state index >= 15 is 0 Å². The van der Waals surface area contributed by atoms with E-state index in [-0.39, 0.29) is 17.6 Å². The largest absolute Gasteiger partial charge is 0.342 e. The van der Waals surface area contributed by atoms with Crippen LogP contribution in [0.3, 0.4) is 0 Å². The first-order valence-corrected chi connectivity index (χ1v) is 9.94. The number of benzene rings is 1. The molecule has 27 heavy (non-hydrogen) atoms. The summed E-state index contributed by atoms with van der Waals surface area (Å²) in [5.41, 5.74) is 4.19. The molecule has 1 aromatic carbocycles. The van der Waals surface area contributed by atoms with Crippen molar-refractivity contribution in [2.75, 3.05) is 13.1 Å². The average molecular weight is 362 g/mol. The van der Waals surface area contributed by atoms with E-state index in [0.717, 1.165) is 31.6 Å². The second-order valence-electron chi connectivity index (χ2n) is 7.87. The topological polar surface area (TPSA) is 50.3 Å². The van der Waals surface area contributed by atoms with Gasteiger partial charge in [0.05, 0.1) is 5.69 Å². The lowest BCUT2D eigenvalue weighted by Gasteiger charge is -2.34. The van der Waals surface area contributed by atoms with Gasteiger partial charge in [0.25, 0.3) is 0 Å². The fourth-order valence-electron chi connectivity index (χ4n) is 4.38. The molecule has 0 N–H and O–H groups in total. The molecule has 1 fully saturated rings. The molecule has 1 atom stereocenters. The lowest BCUT2D eigenvalue weighted by molar-refractivity contribution is -0.136. The molecule has 1 saturated heterocycles. The Bertz CT molecular complexity index is 836. The normalized spacial score (nSPS) is 20.9. The van der Waals surface area contributed by atoms with E-state index in [0.29, 0.717) is 30.7 Å². The van der Waals surface area contributed by atoms with E-state index in [9.17, 15) is 9.59 Å². The van der Waals surface area contributed by atoms with E-state index < -0.39 is 0 Å². The highest BCUT2D eigenvalue weighted by molar-refractivity contribution is 6.00. The number of aryl methyl sites for hydroxylation is 2. The van der Waals surface area contributed by atoms with Gasteiger partial charge < -0.3 is 4.90 Å². The van der Waals surface area contributed by atoms with Crippen LogP contribution < -0.4 is 0 Å². The average Bonchev–Trinajstić information content (AvgIpc) is 2.87. The van der Waals surface area contributed by atoms with Crippen LogP contribution in [0.4, 0.5) is 0 Å². The molecular formula is C23H26N2O2. The molecule has 4 rings (SSSR count). The quantitative estimate of drug-likeness (QED) is 0.761. The molecule has 2 aliphatic rings. The van der Waals surface area contributed by atoms with Crippen molar-refractivity contribution in [1.82, 2.24) is 9.88 Å². The van der Waals surface area contributed by atoms with E-state index in [1.165, 1.54) is 11.1 Å². The number of aromatic nitrogens is 1. The van der Waals surface area contributed by atoms with Crippen molar-refractivity contribution in [1.29, 1.82) is 0 Å². The summed E-state index contributed by atoms with van der Waals surface area (Å²) in [7, 11) is 0. The number of carbonyl (C=O) groups excluding carboxylic acids is 2. The van der Waals surface area contributed by atoms with Crippen molar-refractivity contribution in [2.24, 2.45) is 5.92 Å². The third kappa shape index (κ3) is 3.80. The molecule has 4 nitrogen and oxygen atoms in total. The number of fused-ring (bicyclic) bond motifs is 1. The zero-order valence-electron chi connectivity index (χ0n) is 15.9. The van der Waals surface area contributed by atoms with Crippen LogP contribution in [0.5, 0.6) is 0 Å². The molecule has 0 bridgehead atoms. The molecule has 140 valence electrons. The molecule has 4 heteroatoms. The Hall–Kier alpha value is -2.49. The minimum atomic E-state index is -0.206. The third-order valence-corrected chi connectivity index (χ3v) is 6.06. The summed E-state index contributed by atoms with van der Waals surface area (Å²) < 4.78 is 0. The standard InChI is InChI=1S/C23H26N2O2/c1-16-4-6-17(7-5-16)18-10-13-25(14-11-18)23(27)19-8-9-21-20(22(26)15-19)3-2-12-24-21/h2-7,12,18-19H,8-11,13-15H2,1H3. The Balaban J connectivity index is 1.38. The van der Waals surface area contributed by atoms with Crippen LogP contribution in [0, 0.1) is 12.8 Å². The molecule has 0 radical (unpaired) electrons. The number of piperidine rings is 1. The fourth-order valence-corrected chi connectivity index (χ4v) is 4.38. The molecule has 1 aliphatic heterocycles. The number of nitrogens with zero attached hydrogens (tertiary/aromatic N) is 2. The summed E-state index contributed by atoms with van der Waals surface area (Å²) in [5.74, 6) is 0.531. The predicted molar refractivity (Wildman–Crippen MR) is 105 cm³/mol. The first-order chi connectivity index (χ1) is 13.1. The van der Waals surface area contributed by atoms with Gasteiger partial charge in [0.15, 0.2) is 5.78 Å². The number of hydrogen-bond donors (Lipinski definition) is 0. The van der Waals surface area contributed by atoms with E-state index in [2.05, 4.69) is 36.2 Å². The zero-order chi connectivity index (χ0) is 18.8.